The second-order valence-corrected chi connectivity index (χ2v) is 4.59. The Labute approximate surface area is 125 Å². The number of likely N-dealkylation sites (N-methyl/N-ethyl adjacent to an activating group) is 2. The Kier molecular flexibility index (Phi) is 6.44. The van der Waals surface area contributed by atoms with Crippen LogP contribution in [0, 0.1) is 18.8 Å². The van der Waals surface area contributed by atoms with Crippen LogP contribution in [0.1, 0.15) is 28.4 Å². The fourth-order valence-electron chi connectivity index (χ4n) is 1.89. The van der Waals surface area contributed by atoms with E-state index in [1.54, 1.807) is 19.2 Å². The van der Waals surface area contributed by atoms with E-state index < -0.39 is 0 Å². The Hall–Kier alpha value is -2.32. The minimum absolute atomic E-state index is 0.0452. The standard InChI is InChI=1S/C16H21N3O2/c1-4-19(11-15(20)18-3)16(21)14-9-12(2)8-13(10-14)6-5-7-17/h8-10H,4,7,11,17H2,1-3H3,(H,18,20). The largest absolute Gasteiger partial charge is 0.358 e. The van der Waals surface area contributed by atoms with Crippen LogP contribution in [-0.4, -0.2) is 43.4 Å². The number of carbonyl (C=O) groups is 2. The predicted octanol–water partition coefficient (Wildman–Crippen LogP) is 0.513. The molecule has 2 amide bonds. The van der Waals surface area contributed by atoms with E-state index in [0.717, 1.165) is 11.1 Å². The smallest absolute Gasteiger partial charge is 0.254 e. The molecule has 0 aliphatic carbocycles. The van der Waals surface area contributed by atoms with Gasteiger partial charge in [0.05, 0.1) is 13.1 Å². The van der Waals surface area contributed by atoms with Gasteiger partial charge in [-0.1, -0.05) is 11.8 Å². The van der Waals surface area contributed by atoms with Crippen LogP contribution in [0.2, 0.25) is 0 Å². The van der Waals surface area contributed by atoms with Crippen LogP contribution in [0.3, 0.4) is 0 Å². The molecular weight excluding hydrogens is 266 g/mol. The van der Waals surface area contributed by atoms with Gasteiger partial charge in [-0.25, -0.2) is 0 Å². The van der Waals surface area contributed by atoms with Crippen LogP contribution in [0.25, 0.3) is 0 Å². The maximum Gasteiger partial charge on any atom is 0.254 e. The number of nitrogens with zero attached hydrogens (tertiary/aromatic N) is 1. The molecule has 0 heterocycles. The summed E-state index contributed by atoms with van der Waals surface area (Å²) in [5.41, 5.74) is 7.58. The van der Waals surface area contributed by atoms with Gasteiger partial charge in [-0.3, -0.25) is 9.59 Å². The zero-order chi connectivity index (χ0) is 15.8. The van der Waals surface area contributed by atoms with E-state index >= 15 is 0 Å². The highest BCUT2D eigenvalue weighted by atomic mass is 16.2. The molecule has 0 aliphatic heterocycles. The quantitative estimate of drug-likeness (QED) is 0.792. The van der Waals surface area contributed by atoms with Gasteiger partial charge in [-0.2, -0.15) is 0 Å². The molecule has 5 heteroatoms. The molecule has 3 N–H and O–H groups in total. The fourth-order valence-corrected chi connectivity index (χ4v) is 1.89. The molecule has 112 valence electrons. The van der Waals surface area contributed by atoms with Gasteiger partial charge in [-0.15, -0.1) is 0 Å². The van der Waals surface area contributed by atoms with Crippen LogP contribution >= 0.6 is 0 Å². The van der Waals surface area contributed by atoms with Crippen molar-refractivity contribution in [2.75, 3.05) is 26.7 Å². The number of amides is 2. The molecule has 1 aromatic carbocycles. The lowest BCUT2D eigenvalue weighted by atomic mass is 10.1. The highest BCUT2D eigenvalue weighted by Crippen LogP contribution is 2.11. The zero-order valence-corrected chi connectivity index (χ0v) is 12.7. The highest BCUT2D eigenvalue weighted by molar-refractivity contribution is 5.97. The van der Waals surface area contributed by atoms with Gasteiger partial charge in [0.15, 0.2) is 0 Å². The lowest BCUT2D eigenvalue weighted by Gasteiger charge is -2.20. The molecule has 0 atom stereocenters. The molecule has 0 radical (unpaired) electrons. The molecule has 0 aliphatic rings. The van der Waals surface area contributed by atoms with Crippen molar-refractivity contribution in [3.63, 3.8) is 0 Å². The minimum atomic E-state index is -0.194. The topological polar surface area (TPSA) is 75.4 Å². The number of carbonyl (C=O) groups excluding carboxylic acids is 2. The Morgan fingerprint density at radius 1 is 1.33 bits per heavy atom. The van der Waals surface area contributed by atoms with Crippen LogP contribution < -0.4 is 11.1 Å². The molecule has 0 spiro atoms. The molecule has 21 heavy (non-hydrogen) atoms. The van der Waals surface area contributed by atoms with Crippen LogP contribution in [0.15, 0.2) is 18.2 Å². The van der Waals surface area contributed by atoms with E-state index in [2.05, 4.69) is 17.2 Å². The summed E-state index contributed by atoms with van der Waals surface area (Å²) in [6.45, 7) is 4.52. The summed E-state index contributed by atoms with van der Waals surface area (Å²) in [6.07, 6.45) is 0. The van der Waals surface area contributed by atoms with Gasteiger partial charge in [-0.05, 0) is 37.6 Å². The summed E-state index contributed by atoms with van der Waals surface area (Å²) >= 11 is 0. The molecule has 0 saturated heterocycles. The van der Waals surface area contributed by atoms with E-state index in [1.807, 2.05) is 19.9 Å². The van der Waals surface area contributed by atoms with Gasteiger partial charge in [0, 0.05) is 24.7 Å². The maximum atomic E-state index is 12.5. The first-order valence-corrected chi connectivity index (χ1v) is 6.82. The molecule has 5 nitrogen and oxygen atoms in total. The molecule has 0 bridgehead atoms. The summed E-state index contributed by atoms with van der Waals surface area (Å²) in [5.74, 6) is 5.32. The molecule has 0 aromatic heterocycles. The van der Waals surface area contributed by atoms with Gasteiger partial charge >= 0.3 is 0 Å². The number of nitrogens with one attached hydrogen (secondary N) is 1. The highest BCUT2D eigenvalue weighted by Gasteiger charge is 2.17. The Balaban J connectivity index is 3.04. The third-order valence-corrected chi connectivity index (χ3v) is 2.94. The number of hydrogen-bond donors (Lipinski definition) is 2. The van der Waals surface area contributed by atoms with Gasteiger partial charge in [0.25, 0.3) is 5.91 Å². The third-order valence-electron chi connectivity index (χ3n) is 2.94. The molecule has 1 rings (SSSR count). The average molecular weight is 287 g/mol. The monoisotopic (exact) mass is 287 g/mol. The summed E-state index contributed by atoms with van der Waals surface area (Å²) < 4.78 is 0. The van der Waals surface area contributed by atoms with Crippen molar-refractivity contribution in [1.82, 2.24) is 10.2 Å². The van der Waals surface area contributed by atoms with Crippen molar-refractivity contribution in [1.29, 1.82) is 0 Å². The molecule has 0 unspecified atom stereocenters. The van der Waals surface area contributed by atoms with E-state index in [9.17, 15) is 9.59 Å². The first-order chi connectivity index (χ1) is 10.0. The number of hydrogen-bond acceptors (Lipinski definition) is 3. The van der Waals surface area contributed by atoms with Crippen LogP contribution in [0.4, 0.5) is 0 Å². The lowest BCUT2D eigenvalue weighted by molar-refractivity contribution is -0.121. The number of benzene rings is 1. The molecule has 0 fully saturated rings. The van der Waals surface area contributed by atoms with Crippen molar-refractivity contribution in [3.8, 4) is 11.8 Å². The first-order valence-electron chi connectivity index (χ1n) is 6.82. The molecule has 0 saturated carbocycles. The van der Waals surface area contributed by atoms with E-state index in [1.165, 1.54) is 4.90 Å². The van der Waals surface area contributed by atoms with E-state index in [4.69, 9.17) is 5.73 Å². The second kappa shape index (κ2) is 8.08. The Morgan fingerprint density at radius 2 is 2.05 bits per heavy atom. The number of nitrogens with two attached hydrogens (primary N) is 1. The van der Waals surface area contributed by atoms with Crippen molar-refractivity contribution in [2.45, 2.75) is 13.8 Å². The lowest BCUT2D eigenvalue weighted by Crippen LogP contribution is -2.39. The second-order valence-electron chi connectivity index (χ2n) is 4.59. The molecule has 1 aromatic rings. The van der Waals surface area contributed by atoms with Crippen molar-refractivity contribution in [3.05, 3.63) is 34.9 Å². The summed E-state index contributed by atoms with van der Waals surface area (Å²) in [5, 5.41) is 2.52. The van der Waals surface area contributed by atoms with Gasteiger partial charge in [0.2, 0.25) is 5.91 Å². The Morgan fingerprint density at radius 3 is 2.62 bits per heavy atom. The summed E-state index contributed by atoms with van der Waals surface area (Å²) in [4.78, 5) is 25.4. The minimum Gasteiger partial charge on any atom is -0.358 e. The van der Waals surface area contributed by atoms with Crippen LogP contribution in [0.5, 0.6) is 0 Å². The van der Waals surface area contributed by atoms with E-state index in [-0.39, 0.29) is 24.9 Å². The third kappa shape index (κ3) is 4.93. The van der Waals surface area contributed by atoms with Crippen molar-refractivity contribution >= 4 is 11.8 Å². The number of rotatable bonds is 4. The normalized spacial score (nSPS) is 9.52. The number of aryl methyl sites for hydroxylation is 1. The van der Waals surface area contributed by atoms with Crippen molar-refractivity contribution < 1.29 is 9.59 Å². The summed E-state index contributed by atoms with van der Waals surface area (Å²) in [7, 11) is 1.55. The molecular formula is C16H21N3O2. The Bertz CT molecular complexity index is 585. The average Bonchev–Trinajstić information content (AvgIpc) is 2.49. The van der Waals surface area contributed by atoms with E-state index in [0.29, 0.717) is 12.1 Å². The zero-order valence-electron chi connectivity index (χ0n) is 12.7. The van der Waals surface area contributed by atoms with Gasteiger partial charge < -0.3 is 16.0 Å². The predicted molar refractivity (Wildman–Crippen MR) is 82.8 cm³/mol. The fraction of sp³-hybridized carbons (Fsp3) is 0.375. The van der Waals surface area contributed by atoms with Gasteiger partial charge in [0.1, 0.15) is 0 Å². The first kappa shape index (κ1) is 16.7. The summed E-state index contributed by atoms with van der Waals surface area (Å²) in [6, 6.07) is 5.42. The van der Waals surface area contributed by atoms with Crippen molar-refractivity contribution in [2.24, 2.45) is 5.73 Å². The van der Waals surface area contributed by atoms with Crippen LogP contribution in [-0.2, 0) is 4.79 Å². The maximum absolute atomic E-state index is 12.5. The SMILES string of the molecule is CCN(CC(=O)NC)C(=O)c1cc(C)cc(C#CCN)c1.